The number of esters is 1. The molecule has 0 bridgehead atoms. The summed E-state index contributed by atoms with van der Waals surface area (Å²) < 4.78 is 4.89. The van der Waals surface area contributed by atoms with Gasteiger partial charge in [-0.2, -0.15) is 0 Å². The first-order valence-electron chi connectivity index (χ1n) is 5.36. The molecule has 0 fully saturated rings. The molecule has 1 aromatic carbocycles. The summed E-state index contributed by atoms with van der Waals surface area (Å²) in [6.07, 6.45) is -1.17. The van der Waals surface area contributed by atoms with E-state index in [4.69, 9.17) is 4.74 Å². The molecule has 0 spiro atoms. The molecule has 98 valence electrons. The number of rotatable bonds is 5. The van der Waals surface area contributed by atoms with Gasteiger partial charge in [-0.15, -0.1) is 0 Å². The summed E-state index contributed by atoms with van der Waals surface area (Å²) in [5.41, 5.74) is 0.758. The lowest BCUT2D eigenvalue weighted by Crippen LogP contribution is -2.38. The van der Waals surface area contributed by atoms with Gasteiger partial charge in [-0.25, -0.2) is 0 Å². The van der Waals surface area contributed by atoms with E-state index in [1.165, 1.54) is 6.92 Å². The van der Waals surface area contributed by atoms with E-state index in [2.05, 4.69) is 17.9 Å². The van der Waals surface area contributed by atoms with E-state index in [9.17, 15) is 14.7 Å². The molecule has 0 aliphatic carbocycles. The van der Waals surface area contributed by atoms with Crippen molar-refractivity contribution in [3.05, 3.63) is 35.9 Å². The highest BCUT2D eigenvalue weighted by molar-refractivity contribution is 7.96. The summed E-state index contributed by atoms with van der Waals surface area (Å²) in [6, 6.07) is 8.98. The number of carbonyl (C=O) groups excluding carboxylic acids is 2. The maximum absolute atomic E-state index is 10.8. The Kier molecular flexibility index (Phi) is 5.67. The van der Waals surface area contributed by atoms with Crippen molar-refractivity contribution in [3.63, 3.8) is 0 Å². The topological polar surface area (TPSA) is 75.6 Å². The van der Waals surface area contributed by atoms with Gasteiger partial charge in [0.1, 0.15) is 12.8 Å². The largest absolute Gasteiger partial charge is 0.465 e. The number of ether oxygens (including phenoxy) is 1. The van der Waals surface area contributed by atoms with Crippen LogP contribution in [0.4, 0.5) is 4.79 Å². The van der Waals surface area contributed by atoms with Crippen LogP contribution in [0.3, 0.4) is 0 Å². The standard InChI is InChI=1S/C12H15NO4S/c1-8(14)17-7-10(11(15)13-12(16)18)9-5-3-2-4-6-9/h2-6,10-11,15H,7H2,1H3,(H2,13,16,18)/t10-,11?/m1/s1. The summed E-state index contributed by atoms with van der Waals surface area (Å²) in [5, 5.41) is 11.5. The van der Waals surface area contributed by atoms with Gasteiger partial charge in [0.2, 0.25) is 0 Å². The minimum atomic E-state index is -1.17. The van der Waals surface area contributed by atoms with Crippen LogP contribution in [0.2, 0.25) is 0 Å². The van der Waals surface area contributed by atoms with Gasteiger partial charge in [0.05, 0.1) is 5.92 Å². The quantitative estimate of drug-likeness (QED) is 0.428. The molecular weight excluding hydrogens is 254 g/mol. The zero-order valence-corrected chi connectivity index (χ0v) is 10.8. The van der Waals surface area contributed by atoms with Crippen molar-refractivity contribution in [2.24, 2.45) is 0 Å². The molecule has 1 rings (SSSR count). The predicted octanol–water partition coefficient (Wildman–Crippen LogP) is 1.29. The SMILES string of the molecule is CC(=O)OC[C@H](c1ccccc1)C(O)NC(=O)S. The monoisotopic (exact) mass is 269 g/mol. The van der Waals surface area contributed by atoms with Crippen LogP contribution >= 0.6 is 12.6 Å². The lowest BCUT2D eigenvalue weighted by molar-refractivity contribution is -0.142. The molecule has 0 heterocycles. The number of aliphatic hydroxyl groups excluding tert-OH is 1. The van der Waals surface area contributed by atoms with Gasteiger partial charge in [0.15, 0.2) is 0 Å². The van der Waals surface area contributed by atoms with E-state index in [0.717, 1.165) is 5.56 Å². The number of benzene rings is 1. The van der Waals surface area contributed by atoms with Gasteiger partial charge in [0.25, 0.3) is 5.24 Å². The van der Waals surface area contributed by atoms with Crippen molar-refractivity contribution in [2.45, 2.75) is 19.1 Å². The van der Waals surface area contributed by atoms with Gasteiger partial charge in [0, 0.05) is 6.92 Å². The molecule has 2 N–H and O–H groups in total. The molecule has 18 heavy (non-hydrogen) atoms. The van der Waals surface area contributed by atoms with Gasteiger partial charge < -0.3 is 15.2 Å². The Hall–Kier alpha value is -1.53. The first-order valence-corrected chi connectivity index (χ1v) is 5.81. The van der Waals surface area contributed by atoms with Crippen LogP contribution in [-0.2, 0) is 9.53 Å². The van der Waals surface area contributed by atoms with Crippen LogP contribution in [0.15, 0.2) is 30.3 Å². The van der Waals surface area contributed by atoms with Crippen LogP contribution in [0.25, 0.3) is 0 Å². The number of amides is 1. The molecule has 0 aliphatic heterocycles. The summed E-state index contributed by atoms with van der Waals surface area (Å²) >= 11 is 3.54. The van der Waals surface area contributed by atoms with Crippen LogP contribution in [0, 0.1) is 0 Å². The molecule has 6 heteroatoms. The summed E-state index contributed by atoms with van der Waals surface area (Å²) in [6.45, 7) is 1.26. The smallest absolute Gasteiger partial charge is 0.302 e. The second kappa shape index (κ2) is 7.03. The predicted molar refractivity (Wildman–Crippen MR) is 69.3 cm³/mol. The van der Waals surface area contributed by atoms with Crippen molar-refractivity contribution in [1.29, 1.82) is 0 Å². The van der Waals surface area contributed by atoms with Gasteiger partial charge >= 0.3 is 5.97 Å². The third-order valence-electron chi connectivity index (χ3n) is 2.35. The van der Waals surface area contributed by atoms with E-state index in [1.54, 1.807) is 24.3 Å². The molecule has 0 saturated heterocycles. The van der Waals surface area contributed by atoms with E-state index >= 15 is 0 Å². The third kappa shape index (κ3) is 4.77. The van der Waals surface area contributed by atoms with E-state index in [0.29, 0.717) is 0 Å². The molecular formula is C12H15NO4S. The second-order valence-electron chi connectivity index (χ2n) is 3.71. The van der Waals surface area contributed by atoms with Crippen molar-refractivity contribution in [2.75, 3.05) is 6.61 Å². The zero-order chi connectivity index (χ0) is 13.5. The molecule has 1 unspecified atom stereocenters. The molecule has 1 amide bonds. The molecule has 0 radical (unpaired) electrons. The Morgan fingerprint density at radius 1 is 1.39 bits per heavy atom. The van der Waals surface area contributed by atoms with Gasteiger partial charge in [-0.1, -0.05) is 43.0 Å². The fourth-order valence-electron chi connectivity index (χ4n) is 1.50. The summed E-state index contributed by atoms with van der Waals surface area (Å²) in [5.74, 6) is -0.980. The fourth-order valence-corrected chi connectivity index (χ4v) is 1.64. The summed E-state index contributed by atoms with van der Waals surface area (Å²) in [7, 11) is 0. The first kappa shape index (κ1) is 14.5. The highest BCUT2D eigenvalue weighted by Gasteiger charge is 2.23. The average Bonchev–Trinajstić information content (AvgIpc) is 2.29. The number of thiol groups is 1. The lowest BCUT2D eigenvalue weighted by Gasteiger charge is -2.23. The lowest BCUT2D eigenvalue weighted by atomic mass is 9.98. The van der Waals surface area contributed by atoms with Crippen molar-refractivity contribution in [3.8, 4) is 0 Å². The van der Waals surface area contributed by atoms with E-state index in [1.807, 2.05) is 6.07 Å². The Morgan fingerprint density at radius 3 is 2.50 bits per heavy atom. The highest BCUT2D eigenvalue weighted by Crippen LogP contribution is 2.19. The number of hydrogen-bond acceptors (Lipinski definition) is 4. The molecule has 5 nitrogen and oxygen atoms in total. The van der Waals surface area contributed by atoms with Crippen LogP contribution in [-0.4, -0.2) is 29.1 Å². The maximum atomic E-state index is 10.8. The Bertz CT molecular complexity index is 410. The number of nitrogens with one attached hydrogen (secondary N) is 1. The average molecular weight is 269 g/mol. The minimum Gasteiger partial charge on any atom is -0.465 e. The Balaban J connectivity index is 2.80. The maximum Gasteiger partial charge on any atom is 0.302 e. The second-order valence-corrected chi connectivity index (χ2v) is 4.12. The number of carbonyl (C=O) groups is 2. The normalized spacial score (nSPS) is 13.5. The Labute approximate surface area is 111 Å². The molecule has 0 aliphatic rings. The van der Waals surface area contributed by atoms with Gasteiger partial charge in [-0.05, 0) is 5.56 Å². The van der Waals surface area contributed by atoms with Crippen LogP contribution < -0.4 is 5.32 Å². The third-order valence-corrected chi connectivity index (χ3v) is 2.48. The minimum absolute atomic E-state index is 0.0193. The van der Waals surface area contributed by atoms with Gasteiger partial charge in [-0.3, -0.25) is 9.59 Å². The molecule has 0 saturated carbocycles. The summed E-state index contributed by atoms with van der Waals surface area (Å²) in [4.78, 5) is 21.6. The highest BCUT2D eigenvalue weighted by atomic mass is 32.1. The number of aliphatic hydroxyl groups is 1. The molecule has 0 aromatic heterocycles. The van der Waals surface area contributed by atoms with E-state index in [-0.39, 0.29) is 6.61 Å². The van der Waals surface area contributed by atoms with E-state index < -0.39 is 23.4 Å². The Morgan fingerprint density at radius 2 is 2.00 bits per heavy atom. The number of hydrogen-bond donors (Lipinski definition) is 3. The van der Waals surface area contributed by atoms with Crippen LogP contribution in [0.1, 0.15) is 18.4 Å². The van der Waals surface area contributed by atoms with Crippen molar-refractivity contribution >= 4 is 23.8 Å². The van der Waals surface area contributed by atoms with Crippen molar-refractivity contribution < 1.29 is 19.4 Å². The molecule has 1 aromatic rings. The first-order chi connectivity index (χ1) is 8.50. The zero-order valence-electron chi connectivity index (χ0n) is 9.87. The van der Waals surface area contributed by atoms with Crippen molar-refractivity contribution in [1.82, 2.24) is 5.32 Å². The van der Waals surface area contributed by atoms with Crippen LogP contribution in [0.5, 0.6) is 0 Å². The molecule has 2 atom stereocenters. The fraction of sp³-hybridized carbons (Fsp3) is 0.333.